The largest absolute Gasteiger partial charge is 0.496 e. The van der Waals surface area contributed by atoms with Gasteiger partial charge in [0.1, 0.15) is 5.75 Å². The molecule has 0 bridgehead atoms. The molecule has 1 N–H and O–H groups in total. The van der Waals surface area contributed by atoms with Gasteiger partial charge in [-0.3, -0.25) is 9.59 Å². The van der Waals surface area contributed by atoms with Gasteiger partial charge < -0.3 is 15.0 Å². The maximum absolute atomic E-state index is 13.3. The quantitative estimate of drug-likeness (QED) is 0.576. The van der Waals surface area contributed by atoms with Gasteiger partial charge in [-0.15, -0.1) is 23.1 Å². The lowest BCUT2D eigenvalue weighted by Crippen LogP contribution is -2.37. The fourth-order valence-electron chi connectivity index (χ4n) is 3.38. The molecule has 0 unspecified atom stereocenters. The van der Waals surface area contributed by atoms with Crippen molar-refractivity contribution in [1.82, 2.24) is 4.90 Å². The Morgan fingerprint density at radius 1 is 1.07 bits per heavy atom. The number of carbonyl (C=O) groups is 2. The topological polar surface area (TPSA) is 58.6 Å². The van der Waals surface area contributed by atoms with Gasteiger partial charge in [-0.2, -0.15) is 0 Å². The smallest absolute Gasteiger partial charge is 0.238 e. The molecule has 1 aromatic heterocycles. The summed E-state index contributed by atoms with van der Waals surface area (Å²) in [6, 6.07) is 19.4. The van der Waals surface area contributed by atoms with Gasteiger partial charge in [0.2, 0.25) is 11.8 Å². The molecule has 1 atom stereocenters. The summed E-state index contributed by atoms with van der Waals surface area (Å²) in [5, 5.41) is 4.47. The number of methoxy groups -OCH3 is 1. The Labute approximate surface area is 184 Å². The van der Waals surface area contributed by atoms with Gasteiger partial charge in [0.05, 0.1) is 24.6 Å². The van der Waals surface area contributed by atoms with Gasteiger partial charge >= 0.3 is 0 Å². The molecule has 2 aromatic carbocycles. The highest BCUT2D eigenvalue weighted by Crippen LogP contribution is 2.37. The summed E-state index contributed by atoms with van der Waals surface area (Å²) in [7, 11) is 1.63. The molecule has 0 saturated heterocycles. The molecule has 4 rings (SSSR count). The molecule has 3 aromatic rings. The van der Waals surface area contributed by atoms with Gasteiger partial charge in [-0.25, -0.2) is 0 Å². The summed E-state index contributed by atoms with van der Waals surface area (Å²) >= 11 is 3.07. The number of ether oxygens (including phenoxy) is 1. The van der Waals surface area contributed by atoms with Crippen LogP contribution < -0.4 is 10.1 Å². The van der Waals surface area contributed by atoms with E-state index >= 15 is 0 Å². The Bertz CT molecular complexity index is 1040. The van der Waals surface area contributed by atoms with E-state index in [1.807, 2.05) is 66.0 Å². The molecule has 0 fully saturated rings. The maximum Gasteiger partial charge on any atom is 0.238 e. The Morgan fingerprint density at radius 2 is 1.87 bits per heavy atom. The fourth-order valence-corrected chi connectivity index (χ4v) is 5.20. The molecule has 7 heteroatoms. The highest BCUT2D eigenvalue weighted by Gasteiger charge is 2.30. The number of fused-ring (bicyclic) bond motifs is 1. The Hall–Kier alpha value is -2.77. The number of nitrogens with one attached hydrogen (secondary N) is 1. The number of anilines is 1. The van der Waals surface area contributed by atoms with E-state index in [4.69, 9.17) is 4.74 Å². The lowest BCUT2D eigenvalue weighted by atomic mass is 10.1. The normalized spacial score (nSPS) is 15.2. The molecule has 0 aliphatic carbocycles. The minimum atomic E-state index is -0.448. The summed E-state index contributed by atoms with van der Waals surface area (Å²) < 4.78 is 5.46. The molecule has 154 valence electrons. The average Bonchev–Trinajstić information content (AvgIpc) is 3.27. The number of rotatable bonds is 7. The lowest BCUT2D eigenvalue weighted by Gasteiger charge is -2.27. The van der Waals surface area contributed by atoms with Gasteiger partial charge in [0, 0.05) is 28.3 Å². The molecular formula is C23H22N2O3S2. The van der Waals surface area contributed by atoms with Crippen molar-refractivity contribution in [3.8, 4) is 5.75 Å². The molecule has 30 heavy (non-hydrogen) atoms. The van der Waals surface area contributed by atoms with Crippen molar-refractivity contribution in [3.63, 3.8) is 0 Å². The van der Waals surface area contributed by atoms with E-state index in [0.717, 1.165) is 26.8 Å². The number of hydrogen-bond acceptors (Lipinski definition) is 5. The number of benzene rings is 2. The first kappa shape index (κ1) is 20.5. The van der Waals surface area contributed by atoms with Crippen LogP contribution in [0.5, 0.6) is 5.75 Å². The zero-order valence-corrected chi connectivity index (χ0v) is 18.2. The van der Waals surface area contributed by atoms with Crippen LogP contribution >= 0.6 is 23.1 Å². The number of carbonyl (C=O) groups excluding carboxylic acids is 2. The van der Waals surface area contributed by atoms with Crippen molar-refractivity contribution in [2.75, 3.05) is 12.4 Å². The van der Waals surface area contributed by atoms with Crippen molar-refractivity contribution in [2.45, 2.75) is 29.7 Å². The minimum Gasteiger partial charge on any atom is -0.496 e. The molecular weight excluding hydrogens is 416 g/mol. The maximum atomic E-state index is 13.3. The van der Waals surface area contributed by atoms with Gasteiger partial charge in [-0.1, -0.05) is 36.4 Å². The van der Waals surface area contributed by atoms with Crippen LogP contribution in [0.2, 0.25) is 0 Å². The first-order valence-electron chi connectivity index (χ1n) is 9.62. The van der Waals surface area contributed by atoms with E-state index in [9.17, 15) is 9.59 Å². The van der Waals surface area contributed by atoms with E-state index in [-0.39, 0.29) is 18.2 Å². The van der Waals surface area contributed by atoms with E-state index in [1.54, 1.807) is 23.3 Å². The Morgan fingerprint density at radius 3 is 2.67 bits per heavy atom. The Kier molecular flexibility index (Phi) is 6.40. The molecule has 5 nitrogen and oxygen atoms in total. The van der Waals surface area contributed by atoms with E-state index in [0.29, 0.717) is 13.1 Å². The third-order valence-electron chi connectivity index (χ3n) is 4.90. The first-order chi connectivity index (χ1) is 14.6. The highest BCUT2D eigenvalue weighted by atomic mass is 32.2. The van der Waals surface area contributed by atoms with Crippen LogP contribution in [-0.2, 0) is 22.7 Å². The summed E-state index contributed by atoms with van der Waals surface area (Å²) in [5.74, 6) is 0.571. The van der Waals surface area contributed by atoms with E-state index < -0.39 is 5.25 Å². The third kappa shape index (κ3) is 4.68. The third-order valence-corrected chi connectivity index (χ3v) is 7.04. The monoisotopic (exact) mass is 438 g/mol. The van der Waals surface area contributed by atoms with Gasteiger partial charge in [-0.05, 0) is 29.6 Å². The number of thioether (sulfide) groups is 1. The molecule has 2 amide bonds. The summed E-state index contributed by atoms with van der Waals surface area (Å²) in [6.07, 6.45) is 0.144. The SMILES string of the molecule is COc1ccccc1CN(Cc1cccs1)C(=O)C[C@H]1Sc2ccccc2NC1=O. The molecule has 0 radical (unpaired) electrons. The zero-order valence-electron chi connectivity index (χ0n) is 16.5. The summed E-state index contributed by atoms with van der Waals surface area (Å²) in [5.41, 5.74) is 1.75. The van der Waals surface area contributed by atoms with E-state index in [1.165, 1.54) is 11.8 Å². The average molecular weight is 439 g/mol. The molecule has 0 spiro atoms. The van der Waals surface area contributed by atoms with Crippen LogP contribution in [0.25, 0.3) is 0 Å². The number of thiophene rings is 1. The molecule has 2 heterocycles. The molecule has 1 aliphatic heterocycles. The second-order valence-electron chi connectivity index (χ2n) is 6.94. The molecule has 1 aliphatic rings. The number of para-hydroxylation sites is 2. The van der Waals surface area contributed by atoms with Crippen LogP contribution in [0.3, 0.4) is 0 Å². The van der Waals surface area contributed by atoms with Crippen LogP contribution in [0, 0.1) is 0 Å². The standard InChI is InChI=1S/C23H22N2O3S2/c1-28-19-10-4-2-7-16(19)14-25(15-17-8-6-12-29-17)22(26)13-21-23(27)24-18-9-3-5-11-20(18)30-21/h2-12,21H,13-15H2,1H3,(H,24,27)/t21-/m1/s1. The van der Waals surface area contributed by atoms with Gasteiger partial charge in [0.25, 0.3) is 0 Å². The van der Waals surface area contributed by atoms with Crippen LogP contribution in [0.15, 0.2) is 70.9 Å². The van der Waals surface area contributed by atoms with E-state index in [2.05, 4.69) is 5.32 Å². The summed E-state index contributed by atoms with van der Waals surface area (Å²) in [4.78, 5) is 29.8. The highest BCUT2D eigenvalue weighted by molar-refractivity contribution is 8.01. The second-order valence-corrected chi connectivity index (χ2v) is 9.21. The van der Waals surface area contributed by atoms with Crippen LogP contribution in [0.4, 0.5) is 5.69 Å². The number of nitrogens with zero attached hydrogens (tertiary/aromatic N) is 1. The van der Waals surface area contributed by atoms with Crippen LogP contribution in [-0.4, -0.2) is 29.1 Å². The first-order valence-corrected chi connectivity index (χ1v) is 11.4. The van der Waals surface area contributed by atoms with Crippen molar-refractivity contribution in [3.05, 3.63) is 76.5 Å². The molecule has 0 saturated carbocycles. The predicted octanol–water partition coefficient (Wildman–Crippen LogP) is 4.79. The number of amides is 2. The minimum absolute atomic E-state index is 0.0543. The van der Waals surface area contributed by atoms with Gasteiger partial charge in [0.15, 0.2) is 0 Å². The van der Waals surface area contributed by atoms with Crippen molar-refractivity contribution >= 4 is 40.6 Å². The lowest BCUT2D eigenvalue weighted by molar-refractivity contribution is -0.133. The zero-order chi connectivity index (χ0) is 20.9. The van der Waals surface area contributed by atoms with Crippen molar-refractivity contribution < 1.29 is 14.3 Å². The second kappa shape index (κ2) is 9.36. The summed E-state index contributed by atoms with van der Waals surface area (Å²) in [6.45, 7) is 0.931. The van der Waals surface area contributed by atoms with Crippen LogP contribution in [0.1, 0.15) is 16.9 Å². The Balaban J connectivity index is 1.53. The van der Waals surface area contributed by atoms with Crippen molar-refractivity contribution in [1.29, 1.82) is 0 Å². The predicted molar refractivity (Wildman–Crippen MR) is 121 cm³/mol. The fraction of sp³-hybridized carbons (Fsp3) is 0.217. The number of hydrogen-bond donors (Lipinski definition) is 1. The van der Waals surface area contributed by atoms with Crippen molar-refractivity contribution in [2.24, 2.45) is 0 Å².